The highest BCUT2D eigenvalue weighted by Gasteiger charge is 2.32. The second kappa shape index (κ2) is 5.61. The molecule has 2 aliphatic rings. The van der Waals surface area contributed by atoms with Crippen LogP contribution in [-0.2, 0) is 17.8 Å². The Balaban J connectivity index is 1.66. The molecule has 0 unspecified atom stereocenters. The predicted molar refractivity (Wildman–Crippen MR) is 84.6 cm³/mol. The standard InChI is InChI=1S/C17H18N4O2/c22-16-13-6-8-21(17(23)11-3-1-4-11)10-14(13)19-15(20-16)12-5-2-7-18-9-12/h2,5,7,9,11H,1,3-4,6,8,10H2,(H,19,20,22). The van der Waals surface area contributed by atoms with Crippen molar-refractivity contribution in [3.8, 4) is 11.4 Å². The van der Waals surface area contributed by atoms with Crippen molar-refractivity contribution < 1.29 is 4.79 Å². The van der Waals surface area contributed by atoms with Gasteiger partial charge in [0.1, 0.15) is 5.82 Å². The van der Waals surface area contributed by atoms with E-state index in [-0.39, 0.29) is 17.4 Å². The minimum Gasteiger partial charge on any atom is -0.336 e. The number of rotatable bonds is 2. The third kappa shape index (κ3) is 2.54. The van der Waals surface area contributed by atoms with Crippen LogP contribution in [0.25, 0.3) is 11.4 Å². The molecule has 3 heterocycles. The topological polar surface area (TPSA) is 79.0 Å². The Morgan fingerprint density at radius 2 is 2.22 bits per heavy atom. The number of amides is 1. The molecule has 4 rings (SSSR count). The molecule has 23 heavy (non-hydrogen) atoms. The van der Waals surface area contributed by atoms with Gasteiger partial charge in [0.25, 0.3) is 5.56 Å². The lowest BCUT2D eigenvalue weighted by Crippen LogP contribution is -2.43. The van der Waals surface area contributed by atoms with Gasteiger partial charge in [-0.2, -0.15) is 0 Å². The predicted octanol–water partition coefficient (Wildman–Crippen LogP) is 1.52. The summed E-state index contributed by atoms with van der Waals surface area (Å²) in [6.07, 6.45) is 7.05. The van der Waals surface area contributed by atoms with E-state index in [1.54, 1.807) is 18.5 Å². The van der Waals surface area contributed by atoms with Crippen molar-refractivity contribution >= 4 is 5.91 Å². The second-order valence-electron chi connectivity index (χ2n) is 6.22. The van der Waals surface area contributed by atoms with Crippen molar-refractivity contribution in [3.63, 3.8) is 0 Å². The number of fused-ring (bicyclic) bond motifs is 1. The average molecular weight is 310 g/mol. The van der Waals surface area contributed by atoms with Crippen molar-refractivity contribution in [1.29, 1.82) is 0 Å². The zero-order valence-electron chi connectivity index (χ0n) is 12.8. The van der Waals surface area contributed by atoms with Gasteiger partial charge in [-0.25, -0.2) is 4.98 Å². The molecule has 0 radical (unpaired) electrons. The molecule has 6 heteroatoms. The molecule has 0 aromatic carbocycles. The number of hydrogen-bond acceptors (Lipinski definition) is 4. The fourth-order valence-electron chi connectivity index (χ4n) is 3.18. The lowest BCUT2D eigenvalue weighted by Gasteiger charge is -2.34. The van der Waals surface area contributed by atoms with Crippen molar-refractivity contribution in [1.82, 2.24) is 19.9 Å². The molecular formula is C17H18N4O2. The van der Waals surface area contributed by atoms with Crippen molar-refractivity contribution in [2.24, 2.45) is 5.92 Å². The largest absolute Gasteiger partial charge is 0.336 e. The van der Waals surface area contributed by atoms with Gasteiger partial charge in [0, 0.05) is 36.0 Å². The van der Waals surface area contributed by atoms with E-state index < -0.39 is 0 Å². The summed E-state index contributed by atoms with van der Waals surface area (Å²) in [7, 11) is 0. The maximum atomic E-state index is 12.4. The Morgan fingerprint density at radius 1 is 1.35 bits per heavy atom. The first-order valence-electron chi connectivity index (χ1n) is 8.03. The SMILES string of the molecule is O=C(C1CCC1)N1CCc2c(nc(-c3cccnc3)[nH]c2=O)C1. The van der Waals surface area contributed by atoms with Crippen LogP contribution >= 0.6 is 0 Å². The lowest BCUT2D eigenvalue weighted by molar-refractivity contribution is -0.139. The maximum absolute atomic E-state index is 12.4. The number of pyridine rings is 1. The van der Waals surface area contributed by atoms with Crippen LogP contribution in [0.15, 0.2) is 29.3 Å². The molecule has 1 aliphatic heterocycles. The first-order chi connectivity index (χ1) is 11.2. The van der Waals surface area contributed by atoms with E-state index >= 15 is 0 Å². The van der Waals surface area contributed by atoms with Gasteiger partial charge in [-0.3, -0.25) is 14.6 Å². The molecule has 1 amide bonds. The van der Waals surface area contributed by atoms with Crippen molar-refractivity contribution in [3.05, 3.63) is 46.1 Å². The van der Waals surface area contributed by atoms with Crippen LogP contribution in [0.3, 0.4) is 0 Å². The van der Waals surface area contributed by atoms with Crippen molar-refractivity contribution in [2.45, 2.75) is 32.2 Å². The minimum atomic E-state index is -0.107. The molecule has 6 nitrogen and oxygen atoms in total. The van der Waals surface area contributed by atoms with Gasteiger partial charge in [-0.1, -0.05) is 6.42 Å². The number of hydrogen-bond donors (Lipinski definition) is 1. The van der Waals surface area contributed by atoms with Crippen LogP contribution in [0.1, 0.15) is 30.5 Å². The van der Waals surface area contributed by atoms with Gasteiger partial charge in [0.2, 0.25) is 5.91 Å². The van der Waals surface area contributed by atoms with Gasteiger partial charge >= 0.3 is 0 Å². The Kier molecular flexibility index (Phi) is 3.44. The first-order valence-corrected chi connectivity index (χ1v) is 8.03. The summed E-state index contributed by atoms with van der Waals surface area (Å²) in [5, 5.41) is 0. The van der Waals surface area contributed by atoms with Crippen LogP contribution in [-0.4, -0.2) is 32.3 Å². The monoisotopic (exact) mass is 310 g/mol. The molecule has 1 aliphatic carbocycles. The minimum absolute atomic E-state index is 0.107. The third-order valence-electron chi connectivity index (χ3n) is 4.77. The van der Waals surface area contributed by atoms with E-state index in [1.807, 2.05) is 11.0 Å². The summed E-state index contributed by atoms with van der Waals surface area (Å²) in [6, 6.07) is 3.67. The van der Waals surface area contributed by atoms with Crippen LogP contribution in [0, 0.1) is 5.92 Å². The van der Waals surface area contributed by atoms with Crippen LogP contribution < -0.4 is 5.56 Å². The Bertz CT molecular complexity index is 796. The number of carbonyl (C=O) groups is 1. The molecule has 0 bridgehead atoms. The van der Waals surface area contributed by atoms with Crippen LogP contribution in [0.5, 0.6) is 0 Å². The number of nitrogens with zero attached hydrogens (tertiary/aromatic N) is 3. The Hall–Kier alpha value is -2.50. The van der Waals surface area contributed by atoms with Crippen molar-refractivity contribution in [2.75, 3.05) is 6.54 Å². The highest BCUT2D eigenvalue weighted by atomic mass is 16.2. The highest BCUT2D eigenvalue weighted by Crippen LogP contribution is 2.30. The Morgan fingerprint density at radius 3 is 2.91 bits per heavy atom. The van der Waals surface area contributed by atoms with E-state index in [0.29, 0.717) is 36.6 Å². The molecule has 1 N–H and O–H groups in total. The molecule has 0 spiro atoms. The summed E-state index contributed by atoms with van der Waals surface area (Å²) in [4.78, 5) is 38.1. The van der Waals surface area contributed by atoms with E-state index in [9.17, 15) is 9.59 Å². The molecule has 2 aromatic rings. The van der Waals surface area contributed by atoms with Gasteiger partial charge < -0.3 is 9.88 Å². The normalized spacial score (nSPS) is 17.5. The highest BCUT2D eigenvalue weighted by molar-refractivity contribution is 5.79. The summed E-state index contributed by atoms with van der Waals surface area (Å²) in [5.41, 5.74) is 2.08. The number of carbonyl (C=O) groups excluding carboxylic acids is 1. The zero-order valence-corrected chi connectivity index (χ0v) is 12.8. The fourth-order valence-corrected chi connectivity index (χ4v) is 3.18. The van der Waals surface area contributed by atoms with E-state index in [2.05, 4.69) is 15.0 Å². The summed E-state index contributed by atoms with van der Waals surface area (Å²) >= 11 is 0. The van der Waals surface area contributed by atoms with Gasteiger partial charge in [0.15, 0.2) is 0 Å². The van der Waals surface area contributed by atoms with Gasteiger partial charge in [-0.05, 0) is 31.4 Å². The summed E-state index contributed by atoms with van der Waals surface area (Å²) in [5.74, 6) is 0.906. The quantitative estimate of drug-likeness (QED) is 0.912. The molecular weight excluding hydrogens is 292 g/mol. The van der Waals surface area contributed by atoms with E-state index in [4.69, 9.17) is 0 Å². The second-order valence-corrected chi connectivity index (χ2v) is 6.22. The Labute approximate surface area is 133 Å². The summed E-state index contributed by atoms with van der Waals surface area (Å²) in [6.45, 7) is 1.04. The molecule has 0 saturated heterocycles. The van der Waals surface area contributed by atoms with E-state index in [1.165, 1.54) is 0 Å². The van der Waals surface area contributed by atoms with Crippen LogP contribution in [0.4, 0.5) is 0 Å². The van der Waals surface area contributed by atoms with Gasteiger partial charge in [-0.15, -0.1) is 0 Å². The van der Waals surface area contributed by atoms with E-state index in [0.717, 1.165) is 24.8 Å². The molecule has 2 aromatic heterocycles. The first kappa shape index (κ1) is 14.1. The smallest absolute Gasteiger partial charge is 0.254 e. The third-order valence-corrected chi connectivity index (χ3v) is 4.77. The molecule has 0 atom stereocenters. The number of H-pyrrole nitrogens is 1. The van der Waals surface area contributed by atoms with Gasteiger partial charge in [0.05, 0.1) is 12.2 Å². The fraction of sp³-hybridized carbons (Fsp3) is 0.412. The average Bonchev–Trinajstić information content (AvgIpc) is 2.53. The number of aromatic amines is 1. The zero-order chi connectivity index (χ0) is 15.8. The molecule has 1 saturated carbocycles. The number of aromatic nitrogens is 3. The maximum Gasteiger partial charge on any atom is 0.254 e. The molecule has 1 fully saturated rings. The summed E-state index contributed by atoms with van der Waals surface area (Å²) < 4.78 is 0. The molecule has 118 valence electrons. The van der Waals surface area contributed by atoms with Crippen LogP contribution in [0.2, 0.25) is 0 Å². The number of nitrogens with one attached hydrogen (secondary N) is 1. The lowest BCUT2D eigenvalue weighted by atomic mass is 9.84.